The van der Waals surface area contributed by atoms with Crippen molar-refractivity contribution in [1.82, 2.24) is 0 Å². The molecule has 0 spiro atoms. The van der Waals surface area contributed by atoms with Crippen LogP contribution in [0.15, 0.2) is 48.5 Å². The van der Waals surface area contributed by atoms with Gasteiger partial charge in [-0.1, -0.05) is 115 Å². The Bertz CT molecular complexity index is 974. The molecule has 0 atom stereocenters. The molecule has 2 aromatic carbocycles. The van der Waals surface area contributed by atoms with E-state index < -0.39 is 16.9 Å². The monoisotopic (exact) mass is 511 g/mol. The van der Waals surface area contributed by atoms with Gasteiger partial charge in [-0.25, -0.2) is 9.59 Å². The predicted octanol–water partition coefficient (Wildman–Crippen LogP) is 8.45. The van der Waals surface area contributed by atoms with Crippen LogP contribution >= 0.6 is 0 Å². The molecule has 0 aliphatic heterocycles. The molecule has 0 aromatic heterocycles. The van der Waals surface area contributed by atoms with Crippen LogP contribution in [-0.4, -0.2) is 23.5 Å². The highest BCUT2D eigenvalue weighted by Crippen LogP contribution is 2.24. The number of nitro benzene ring substituents is 1. The summed E-state index contributed by atoms with van der Waals surface area (Å²) in [7, 11) is 0. The maximum Gasteiger partial charge on any atom is 0.350 e. The highest BCUT2D eigenvalue weighted by Gasteiger charge is 2.23. The molecule has 0 heterocycles. The Hall–Kier alpha value is -3.22. The predicted molar refractivity (Wildman–Crippen MR) is 145 cm³/mol. The summed E-state index contributed by atoms with van der Waals surface area (Å²) in [6.07, 6.45) is 17.5. The number of nitrogens with zero attached hydrogens (tertiary/aromatic N) is 1. The normalized spacial score (nSPS) is 10.7. The third-order valence-electron chi connectivity index (χ3n) is 6.36. The van der Waals surface area contributed by atoms with Gasteiger partial charge >= 0.3 is 11.9 Å². The fraction of sp³-hybridized carbons (Fsp3) is 0.533. The van der Waals surface area contributed by atoms with E-state index in [1.54, 1.807) is 12.1 Å². The lowest BCUT2D eigenvalue weighted by Crippen LogP contribution is -2.14. The summed E-state index contributed by atoms with van der Waals surface area (Å²) < 4.78 is 10.7. The number of carbonyl (C=O) groups excluding carboxylic acids is 2. The van der Waals surface area contributed by atoms with Crippen LogP contribution in [-0.2, 0) is 4.74 Å². The van der Waals surface area contributed by atoms with E-state index >= 15 is 0 Å². The third-order valence-corrected chi connectivity index (χ3v) is 6.36. The van der Waals surface area contributed by atoms with Crippen LogP contribution in [0.25, 0.3) is 0 Å². The van der Waals surface area contributed by atoms with Gasteiger partial charge in [0.2, 0.25) is 0 Å². The van der Waals surface area contributed by atoms with Gasteiger partial charge in [0.15, 0.2) is 0 Å². The standard InChI is InChI=1S/C30H41NO6/c1-2-3-4-5-6-7-8-9-10-11-12-13-14-19-24-36-29(32)26-21-16-18-23-28(26)37-30(33)25-20-15-17-22-27(25)31(34)35/h15-18,20-23H,2-14,19,24H2,1H3. The molecule has 202 valence electrons. The minimum absolute atomic E-state index is 0.0108. The van der Waals surface area contributed by atoms with Crippen LogP contribution in [0.4, 0.5) is 5.69 Å². The molecule has 7 heteroatoms. The number of esters is 2. The molecule has 2 rings (SSSR count). The lowest BCUT2D eigenvalue weighted by Gasteiger charge is -2.10. The summed E-state index contributed by atoms with van der Waals surface area (Å²) in [6.45, 7) is 2.55. The van der Waals surface area contributed by atoms with Gasteiger partial charge in [-0.3, -0.25) is 10.1 Å². The summed E-state index contributed by atoms with van der Waals surface area (Å²) in [5.41, 5.74) is -0.428. The van der Waals surface area contributed by atoms with Crippen molar-refractivity contribution in [2.24, 2.45) is 0 Å². The van der Waals surface area contributed by atoms with Gasteiger partial charge in [0.25, 0.3) is 5.69 Å². The van der Waals surface area contributed by atoms with E-state index in [0.29, 0.717) is 6.61 Å². The van der Waals surface area contributed by atoms with Gasteiger partial charge in [0.05, 0.1) is 11.5 Å². The van der Waals surface area contributed by atoms with Crippen molar-refractivity contribution in [3.63, 3.8) is 0 Å². The van der Waals surface area contributed by atoms with E-state index in [0.717, 1.165) is 19.3 Å². The average Bonchev–Trinajstić information content (AvgIpc) is 2.91. The molecular weight excluding hydrogens is 470 g/mol. The van der Waals surface area contributed by atoms with Gasteiger partial charge < -0.3 is 9.47 Å². The van der Waals surface area contributed by atoms with Crippen molar-refractivity contribution in [2.75, 3.05) is 6.61 Å². The summed E-state index contributed by atoms with van der Waals surface area (Å²) in [5, 5.41) is 11.2. The zero-order valence-corrected chi connectivity index (χ0v) is 22.1. The molecule has 0 saturated heterocycles. The number of hydrogen-bond donors (Lipinski definition) is 0. The first-order valence-corrected chi connectivity index (χ1v) is 13.8. The van der Waals surface area contributed by atoms with Crippen molar-refractivity contribution in [3.05, 3.63) is 69.8 Å². The Morgan fingerprint density at radius 2 is 1.16 bits per heavy atom. The number of rotatable bonds is 19. The van der Waals surface area contributed by atoms with Gasteiger partial charge in [-0.05, 0) is 24.6 Å². The molecule has 0 aliphatic rings. The summed E-state index contributed by atoms with van der Waals surface area (Å²) in [6, 6.07) is 11.8. The fourth-order valence-corrected chi connectivity index (χ4v) is 4.22. The SMILES string of the molecule is CCCCCCCCCCCCCCCCOC(=O)c1ccccc1OC(=O)c1ccccc1[N+](=O)[O-]. The first-order chi connectivity index (χ1) is 18.0. The molecule has 7 nitrogen and oxygen atoms in total. The second kappa shape index (κ2) is 18.1. The summed E-state index contributed by atoms with van der Waals surface area (Å²) >= 11 is 0. The molecule has 0 saturated carbocycles. The molecule has 0 unspecified atom stereocenters. The third kappa shape index (κ3) is 11.6. The molecule has 0 bridgehead atoms. The van der Waals surface area contributed by atoms with E-state index in [9.17, 15) is 19.7 Å². The number of carbonyl (C=O) groups is 2. The van der Waals surface area contributed by atoms with Crippen LogP contribution in [0.1, 0.15) is 118 Å². The second-order valence-corrected chi connectivity index (χ2v) is 9.39. The van der Waals surface area contributed by atoms with Crippen molar-refractivity contribution in [2.45, 2.75) is 96.8 Å². The zero-order valence-electron chi connectivity index (χ0n) is 22.1. The summed E-state index contributed by atoms with van der Waals surface area (Å²) in [4.78, 5) is 35.7. The molecule has 37 heavy (non-hydrogen) atoms. The lowest BCUT2D eigenvalue weighted by atomic mass is 10.0. The van der Waals surface area contributed by atoms with Crippen molar-refractivity contribution in [3.8, 4) is 5.75 Å². The number of ether oxygens (including phenoxy) is 2. The summed E-state index contributed by atoms with van der Waals surface area (Å²) in [5.74, 6) is -1.48. The number of unbranched alkanes of at least 4 members (excludes halogenated alkanes) is 13. The number of para-hydroxylation sites is 2. The van der Waals surface area contributed by atoms with Crippen molar-refractivity contribution in [1.29, 1.82) is 0 Å². The fourth-order valence-electron chi connectivity index (χ4n) is 4.22. The topological polar surface area (TPSA) is 95.7 Å². The molecular formula is C30H41NO6. The highest BCUT2D eigenvalue weighted by molar-refractivity contribution is 5.98. The van der Waals surface area contributed by atoms with E-state index in [-0.39, 0.29) is 22.6 Å². The van der Waals surface area contributed by atoms with Crippen LogP contribution in [0.3, 0.4) is 0 Å². The zero-order chi connectivity index (χ0) is 26.7. The average molecular weight is 512 g/mol. The minimum atomic E-state index is -0.903. The largest absolute Gasteiger partial charge is 0.462 e. The Balaban J connectivity index is 1.63. The number of hydrogen-bond acceptors (Lipinski definition) is 6. The molecule has 0 N–H and O–H groups in total. The Morgan fingerprint density at radius 3 is 1.73 bits per heavy atom. The minimum Gasteiger partial charge on any atom is -0.462 e. The molecule has 2 aromatic rings. The van der Waals surface area contributed by atoms with E-state index in [4.69, 9.17) is 9.47 Å². The smallest absolute Gasteiger partial charge is 0.350 e. The van der Waals surface area contributed by atoms with Crippen molar-refractivity contribution >= 4 is 17.6 Å². The first kappa shape index (κ1) is 30.0. The van der Waals surface area contributed by atoms with E-state index in [2.05, 4.69) is 6.92 Å². The van der Waals surface area contributed by atoms with Gasteiger partial charge in [-0.15, -0.1) is 0 Å². The van der Waals surface area contributed by atoms with Gasteiger partial charge in [0.1, 0.15) is 16.9 Å². The Kier molecular flexibility index (Phi) is 14.7. The first-order valence-electron chi connectivity index (χ1n) is 13.8. The lowest BCUT2D eigenvalue weighted by molar-refractivity contribution is -0.385. The van der Waals surface area contributed by atoms with Crippen molar-refractivity contribution < 1.29 is 24.0 Å². The van der Waals surface area contributed by atoms with Crippen LogP contribution < -0.4 is 4.74 Å². The number of nitro groups is 1. The molecule has 0 aliphatic carbocycles. The Morgan fingerprint density at radius 1 is 0.676 bits per heavy atom. The van der Waals surface area contributed by atoms with E-state index in [1.165, 1.54) is 107 Å². The van der Waals surface area contributed by atoms with E-state index in [1.807, 2.05) is 0 Å². The van der Waals surface area contributed by atoms with Crippen LogP contribution in [0, 0.1) is 10.1 Å². The number of benzene rings is 2. The maximum atomic E-state index is 12.6. The van der Waals surface area contributed by atoms with Gasteiger partial charge in [0, 0.05) is 6.07 Å². The Labute approximate surface area is 220 Å². The van der Waals surface area contributed by atoms with Crippen LogP contribution in [0.2, 0.25) is 0 Å². The second-order valence-electron chi connectivity index (χ2n) is 9.39. The van der Waals surface area contributed by atoms with Crippen LogP contribution in [0.5, 0.6) is 5.75 Å². The quantitative estimate of drug-likeness (QED) is 0.0617. The molecule has 0 fully saturated rings. The molecule has 0 radical (unpaired) electrons. The molecule has 0 amide bonds. The highest BCUT2D eigenvalue weighted by atomic mass is 16.6. The maximum absolute atomic E-state index is 12.6. The van der Waals surface area contributed by atoms with Gasteiger partial charge in [-0.2, -0.15) is 0 Å².